The second-order valence-corrected chi connectivity index (χ2v) is 5.73. The van der Waals surface area contributed by atoms with E-state index in [0.717, 1.165) is 48.1 Å². The normalized spacial score (nSPS) is 14.1. The molecule has 1 aromatic carbocycles. The maximum atomic E-state index is 9.51. The lowest BCUT2D eigenvalue weighted by Crippen LogP contribution is -2.07. The monoisotopic (exact) mass is 297 g/mol. The summed E-state index contributed by atoms with van der Waals surface area (Å²) in [7, 11) is 0. The Balaban J connectivity index is 2.34. The largest absolute Gasteiger partial charge is 0.383 e. The second-order valence-electron chi connectivity index (χ2n) is 5.32. The number of aromatic nitrogens is 1. The van der Waals surface area contributed by atoms with Crippen LogP contribution in [0.15, 0.2) is 24.3 Å². The summed E-state index contributed by atoms with van der Waals surface area (Å²) in [4.78, 5) is 4.47. The quantitative estimate of drug-likeness (QED) is 0.805. The molecule has 3 nitrogen and oxygen atoms in total. The predicted octanol–water partition coefficient (Wildman–Crippen LogP) is 4.12. The van der Waals surface area contributed by atoms with E-state index >= 15 is 0 Å². The smallest absolute Gasteiger partial charge is 0.142 e. The van der Waals surface area contributed by atoms with Crippen LogP contribution in [0.5, 0.6) is 0 Å². The van der Waals surface area contributed by atoms with Gasteiger partial charge in [-0.2, -0.15) is 5.26 Å². The average molecular weight is 298 g/mol. The fourth-order valence-electron chi connectivity index (χ4n) is 3.01. The molecule has 0 amide bonds. The Morgan fingerprint density at radius 3 is 2.67 bits per heavy atom. The molecular weight excluding hydrogens is 282 g/mol. The van der Waals surface area contributed by atoms with Crippen molar-refractivity contribution >= 4 is 17.4 Å². The van der Waals surface area contributed by atoms with E-state index in [1.165, 1.54) is 6.42 Å². The molecule has 1 aliphatic rings. The summed E-state index contributed by atoms with van der Waals surface area (Å²) < 4.78 is 0. The number of pyridine rings is 1. The number of hydrogen-bond donors (Lipinski definition) is 1. The molecule has 1 aromatic heterocycles. The molecule has 0 saturated heterocycles. The minimum atomic E-state index is 0.313. The van der Waals surface area contributed by atoms with Crippen LogP contribution < -0.4 is 5.73 Å². The van der Waals surface area contributed by atoms with Crippen molar-refractivity contribution in [3.63, 3.8) is 0 Å². The van der Waals surface area contributed by atoms with E-state index in [1.807, 2.05) is 24.3 Å². The molecule has 4 heteroatoms. The highest BCUT2D eigenvalue weighted by molar-refractivity contribution is 6.33. The van der Waals surface area contributed by atoms with Crippen LogP contribution in [-0.2, 0) is 12.8 Å². The predicted molar refractivity (Wildman–Crippen MR) is 85.1 cm³/mol. The van der Waals surface area contributed by atoms with Gasteiger partial charge in [0.2, 0.25) is 0 Å². The van der Waals surface area contributed by atoms with Gasteiger partial charge < -0.3 is 5.73 Å². The van der Waals surface area contributed by atoms with Crippen LogP contribution in [0.1, 0.15) is 36.1 Å². The molecule has 0 radical (unpaired) electrons. The zero-order valence-electron chi connectivity index (χ0n) is 11.7. The molecule has 0 unspecified atom stereocenters. The number of fused-ring (bicyclic) bond motifs is 1. The lowest BCUT2D eigenvalue weighted by Gasteiger charge is -2.16. The molecule has 1 aliphatic carbocycles. The number of halogens is 1. The van der Waals surface area contributed by atoms with Crippen LogP contribution in [-0.4, -0.2) is 4.98 Å². The number of nitrogens with two attached hydrogens (primary N) is 1. The van der Waals surface area contributed by atoms with Crippen LogP contribution in [0, 0.1) is 11.3 Å². The number of anilines is 1. The summed E-state index contributed by atoms with van der Waals surface area (Å²) in [5.41, 5.74) is 10.4. The molecule has 0 fully saturated rings. The van der Waals surface area contributed by atoms with Gasteiger partial charge in [0.25, 0.3) is 0 Å². The van der Waals surface area contributed by atoms with Crippen LogP contribution >= 0.6 is 11.6 Å². The summed E-state index contributed by atoms with van der Waals surface area (Å²) in [5.74, 6) is 0.313. The number of rotatable bonds is 1. The van der Waals surface area contributed by atoms with Crippen LogP contribution in [0.2, 0.25) is 5.02 Å². The Kier molecular flexibility index (Phi) is 3.81. The molecule has 0 atom stereocenters. The maximum absolute atomic E-state index is 9.51. The van der Waals surface area contributed by atoms with E-state index in [0.29, 0.717) is 16.4 Å². The first-order valence-electron chi connectivity index (χ1n) is 7.18. The molecule has 2 N–H and O–H groups in total. The van der Waals surface area contributed by atoms with Gasteiger partial charge in [0.05, 0.1) is 0 Å². The highest BCUT2D eigenvalue weighted by Gasteiger charge is 2.22. The standard InChI is InChI=1S/C17H16ClN3/c18-14-8-5-4-6-11(14)16-12-7-2-1-3-9-15(12)21-17(20)13(16)10-19/h4-6,8H,1-3,7,9H2,(H2,20,21). The third-order valence-electron chi connectivity index (χ3n) is 4.01. The van der Waals surface area contributed by atoms with Gasteiger partial charge in [0.15, 0.2) is 0 Å². The topological polar surface area (TPSA) is 62.7 Å². The van der Waals surface area contributed by atoms with Crippen molar-refractivity contribution in [1.29, 1.82) is 5.26 Å². The molecular formula is C17H16ClN3. The number of hydrogen-bond acceptors (Lipinski definition) is 3. The van der Waals surface area contributed by atoms with E-state index in [4.69, 9.17) is 17.3 Å². The van der Waals surface area contributed by atoms with Gasteiger partial charge in [-0.1, -0.05) is 36.2 Å². The van der Waals surface area contributed by atoms with Gasteiger partial charge >= 0.3 is 0 Å². The lowest BCUT2D eigenvalue weighted by molar-refractivity contribution is 0.709. The van der Waals surface area contributed by atoms with Crippen molar-refractivity contribution in [2.24, 2.45) is 0 Å². The number of nitriles is 1. The third-order valence-corrected chi connectivity index (χ3v) is 4.34. The zero-order valence-corrected chi connectivity index (χ0v) is 12.5. The molecule has 21 heavy (non-hydrogen) atoms. The molecule has 0 spiro atoms. The first kappa shape index (κ1) is 13.9. The van der Waals surface area contributed by atoms with Gasteiger partial charge in [0.1, 0.15) is 17.5 Å². The number of aryl methyl sites for hydroxylation is 1. The number of nitrogens with zero attached hydrogens (tertiary/aromatic N) is 2. The number of benzene rings is 1. The maximum Gasteiger partial charge on any atom is 0.142 e. The van der Waals surface area contributed by atoms with E-state index in [-0.39, 0.29) is 0 Å². The summed E-state index contributed by atoms with van der Waals surface area (Å²) in [5, 5.41) is 10.2. The summed E-state index contributed by atoms with van der Waals surface area (Å²) in [6, 6.07) is 9.83. The first-order chi connectivity index (χ1) is 10.2. The summed E-state index contributed by atoms with van der Waals surface area (Å²) >= 11 is 6.35. The Labute approximate surface area is 129 Å². The highest BCUT2D eigenvalue weighted by Crippen LogP contribution is 2.38. The lowest BCUT2D eigenvalue weighted by atomic mass is 9.92. The van der Waals surface area contributed by atoms with Crippen LogP contribution in [0.3, 0.4) is 0 Å². The van der Waals surface area contributed by atoms with Crippen molar-refractivity contribution < 1.29 is 0 Å². The highest BCUT2D eigenvalue weighted by atomic mass is 35.5. The van der Waals surface area contributed by atoms with Crippen molar-refractivity contribution in [3.05, 3.63) is 46.1 Å². The van der Waals surface area contributed by atoms with Crippen molar-refractivity contribution in [2.45, 2.75) is 32.1 Å². The third kappa shape index (κ3) is 2.48. The first-order valence-corrected chi connectivity index (χ1v) is 7.56. The van der Waals surface area contributed by atoms with E-state index in [9.17, 15) is 5.26 Å². The van der Waals surface area contributed by atoms with Gasteiger partial charge in [0, 0.05) is 21.8 Å². The Morgan fingerprint density at radius 1 is 1.14 bits per heavy atom. The molecule has 0 aliphatic heterocycles. The molecule has 3 rings (SSSR count). The minimum absolute atomic E-state index is 0.313. The van der Waals surface area contributed by atoms with Gasteiger partial charge in [-0.05, 0) is 37.3 Å². The van der Waals surface area contributed by atoms with E-state index in [2.05, 4.69) is 11.1 Å². The number of nitrogen functional groups attached to an aromatic ring is 1. The minimum Gasteiger partial charge on any atom is -0.383 e. The summed E-state index contributed by atoms with van der Waals surface area (Å²) in [6.45, 7) is 0. The SMILES string of the molecule is N#Cc1c(N)nc2c(c1-c1ccccc1Cl)CCCCC2. The summed E-state index contributed by atoms with van der Waals surface area (Å²) in [6.07, 6.45) is 5.26. The fourth-order valence-corrected chi connectivity index (χ4v) is 3.24. The van der Waals surface area contributed by atoms with Crippen LogP contribution in [0.4, 0.5) is 5.82 Å². The zero-order chi connectivity index (χ0) is 14.8. The molecule has 0 bridgehead atoms. The van der Waals surface area contributed by atoms with Gasteiger partial charge in [-0.15, -0.1) is 0 Å². The van der Waals surface area contributed by atoms with Crippen molar-refractivity contribution in [2.75, 3.05) is 5.73 Å². The van der Waals surface area contributed by atoms with E-state index < -0.39 is 0 Å². The Hall–Kier alpha value is -2.05. The molecule has 2 aromatic rings. The molecule has 106 valence electrons. The Bertz CT molecular complexity index is 732. The van der Waals surface area contributed by atoms with Crippen molar-refractivity contribution in [1.82, 2.24) is 4.98 Å². The van der Waals surface area contributed by atoms with Crippen LogP contribution in [0.25, 0.3) is 11.1 Å². The second kappa shape index (κ2) is 5.75. The fraction of sp³-hybridized carbons (Fsp3) is 0.294. The molecule has 0 saturated carbocycles. The average Bonchev–Trinajstić information content (AvgIpc) is 2.71. The van der Waals surface area contributed by atoms with E-state index in [1.54, 1.807) is 0 Å². The van der Waals surface area contributed by atoms with Crippen molar-refractivity contribution in [3.8, 4) is 17.2 Å². The molecule has 1 heterocycles. The van der Waals surface area contributed by atoms with Gasteiger partial charge in [-0.25, -0.2) is 4.98 Å². The van der Waals surface area contributed by atoms with Gasteiger partial charge in [-0.3, -0.25) is 0 Å². The Morgan fingerprint density at radius 2 is 1.90 bits per heavy atom.